The standard InChI is InChI=1S/C17H22O.C14H17BrO/c1-12(18)16-6-5-14(10-16)9-13-3-2-4-17(11-13)15-7-8-15;1-10(16)13-6-5-12(8-13)7-11-3-2-4-14(15)9-11/h2-4,11,14-16H,5-10H2,1H3;2-4,9,12-13H,5-8H2,1H3/t14-,16+;12-,13+/m00/s1. The lowest BCUT2D eigenvalue weighted by Crippen LogP contribution is -2.07. The highest BCUT2D eigenvalue weighted by atomic mass is 79.9. The van der Waals surface area contributed by atoms with E-state index in [-0.39, 0.29) is 0 Å². The van der Waals surface area contributed by atoms with Gasteiger partial charge in [0.15, 0.2) is 0 Å². The molecular weight excluding hydrogens is 484 g/mol. The van der Waals surface area contributed by atoms with Crippen molar-refractivity contribution in [3.8, 4) is 0 Å². The lowest BCUT2D eigenvalue weighted by Gasteiger charge is -2.11. The summed E-state index contributed by atoms with van der Waals surface area (Å²) in [5.41, 5.74) is 4.39. The van der Waals surface area contributed by atoms with Gasteiger partial charge in [0.25, 0.3) is 0 Å². The van der Waals surface area contributed by atoms with Gasteiger partial charge in [0.2, 0.25) is 0 Å². The molecule has 182 valence electrons. The number of hydrogen-bond donors (Lipinski definition) is 0. The molecule has 0 unspecified atom stereocenters. The maximum Gasteiger partial charge on any atom is 0.132 e. The van der Waals surface area contributed by atoms with Crippen LogP contribution in [0.3, 0.4) is 0 Å². The van der Waals surface area contributed by atoms with Gasteiger partial charge in [0.1, 0.15) is 11.6 Å². The molecule has 3 saturated carbocycles. The molecule has 0 saturated heterocycles. The highest BCUT2D eigenvalue weighted by Gasteiger charge is 2.29. The van der Waals surface area contributed by atoms with Gasteiger partial charge in [0.05, 0.1) is 0 Å². The zero-order valence-electron chi connectivity index (χ0n) is 20.8. The van der Waals surface area contributed by atoms with Crippen LogP contribution >= 0.6 is 15.9 Å². The van der Waals surface area contributed by atoms with Crippen molar-refractivity contribution in [1.82, 2.24) is 0 Å². The SMILES string of the molecule is CC(=O)[C@@H]1CC[C@@H](Cc2cccc(Br)c2)C1.CC(=O)[C@@H]1CC[C@@H](Cc2cccc(C3CC3)c2)C1. The first-order valence-corrected chi connectivity index (χ1v) is 14.0. The molecule has 4 atom stereocenters. The summed E-state index contributed by atoms with van der Waals surface area (Å²) in [4.78, 5) is 22.7. The van der Waals surface area contributed by atoms with Crippen molar-refractivity contribution in [2.75, 3.05) is 0 Å². The smallest absolute Gasteiger partial charge is 0.132 e. The van der Waals surface area contributed by atoms with E-state index in [1.807, 2.05) is 0 Å². The topological polar surface area (TPSA) is 34.1 Å². The fourth-order valence-corrected chi connectivity index (χ4v) is 6.43. The van der Waals surface area contributed by atoms with Crippen molar-refractivity contribution in [3.63, 3.8) is 0 Å². The second-order valence-corrected chi connectivity index (χ2v) is 11.9. The predicted molar refractivity (Wildman–Crippen MR) is 143 cm³/mol. The van der Waals surface area contributed by atoms with Gasteiger partial charge >= 0.3 is 0 Å². The van der Waals surface area contributed by atoms with Gasteiger partial charge in [-0.3, -0.25) is 9.59 Å². The number of rotatable bonds is 7. The Kier molecular flexibility index (Phi) is 8.80. The number of hydrogen-bond acceptors (Lipinski definition) is 2. The lowest BCUT2D eigenvalue weighted by atomic mass is 9.94. The van der Waals surface area contributed by atoms with E-state index in [4.69, 9.17) is 0 Å². The van der Waals surface area contributed by atoms with Crippen LogP contribution in [0.2, 0.25) is 0 Å². The third-order valence-corrected chi connectivity index (χ3v) is 8.66. The van der Waals surface area contributed by atoms with Crippen LogP contribution in [0, 0.1) is 23.7 Å². The normalized spacial score (nSPS) is 26.1. The van der Waals surface area contributed by atoms with E-state index in [1.54, 1.807) is 13.8 Å². The largest absolute Gasteiger partial charge is 0.300 e. The van der Waals surface area contributed by atoms with E-state index in [0.717, 1.165) is 48.4 Å². The molecule has 0 radical (unpaired) electrons. The molecule has 0 heterocycles. The molecule has 0 bridgehead atoms. The van der Waals surface area contributed by atoms with Crippen LogP contribution in [0.15, 0.2) is 53.0 Å². The number of ketones is 2. The van der Waals surface area contributed by atoms with Crippen LogP contribution in [0.25, 0.3) is 0 Å². The van der Waals surface area contributed by atoms with Crippen LogP contribution in [0.5, 0.6) is 0 Å². The Bertz CT molecular complexity index is 992. The number of benzene rings is 2. The van der Waals surface area contributed by atoms with E-state index in [9.17, 15) is 9.59 Å². The molecule has 3 heteroatoms. The molecule has 2 aromatic rings. The molecule has 3 aliphatic rings. The summed E-state index contributed by atoms with van der Waals surface area (Å²) in [6.07, 6.45) is 11.9. The van der Waals surface area contributed by atoms with E-state index in [2.05, 4.69) is 64.5 Å². The molecular formula is C31H39BrO2. The monoisotopic (exact) mass is 522 g/mol. The fraction of sp³-hybridized carbons (Fsp3) is 0.548. The molecule has 0 spiro atoms. The Morgan fingerprint density at radius 2 is 1.26 bits per heavy atom. The first kappa shape index (κ1) is 25.4. The summed E-state index contributed by atoms with van der Waals surface area (Å²) in [6, 6.07) is 17.6. The summed E-state index contributed by atoms with van der Waals surface area (Å²) in [5, 5.41) is 0. The van der Waals surface area contributed by atoms with Gasteiger partial charge < -0.3 is 0 Å². The molecule has 5 rings (SSSR count). The average Bonchev–Trinajstić information content (AvgIpc) is 3.37. The highest BCUT2D eigenvalue weighted by molar-refractivity contribution is 9.10. The Morgan fingerprint density at radius 1 is 0.735 bits per heavy atom. The molecule has 2 nitrogen and oxygen atoms in total. The van der Waals surface area contributed by atoms with Crippen molar-refractivity contribution in [2.45, 2.75) is 84.0 Å². The van der Waals surface area contributed by atoms with Crippen molar-refractivity contribution in [2.24, 2.45) is 23.7 Å². The van der Waals surface area contributed by atoms with Crippen LogP contribution in [0.1, 0.15) is 87.8 Å². The Labute approximate surface area is 214 Å². The van der Waals surface area contributed by atoms with Crippen LogP contribution in [-0.4, -0.2) is 11.6 Å². The molecule has 3 aliphatic carbocycles. The second kappa shape index (κ2) is 11.8. The number of halogens is 1. The Hall–Kier alpha value is -1.74. The minimum atomic E-state index is 0.331. The van der Waals surface area contributed by atoms with Crippen molar-refractivity contribution >= 4 is 27.5 Å². The Morgan fingerprint density at radius 3 is 1.74 bits per heavy atom. The number of carbonyl (C=O) groups excluding carboxylic acids is 2. The molecule has 0 aliphatic heterocycles. The van der Waals surface area contributed by atoms with Gasteiger partial charge in [-0.15, -0.1) is 0 Å². The van der Waals surface area contributed by atoms with Gasteiger partial charge in [-0.1, -0.05) is 52.3 Å². The maximum absolute atomic E-state index is 11.4. The third-order valence-electron chi connectivity index (χ3n) is 8.17. The number of carbonyl (C=O) groups is 2. The van der Waals surface area contributed by atoms with Crippen LogP contribution in [0.4, 0.5) is 0 Å². The van der Waals surface area contributed by atoms with E-state index in [0.29, 0.717) is 29.3 Å². The van der Waals surface area contributed by atoms with Gasteiger partial charge in [-0.2, -0.15) is 0 Å². The van der Waals surface area contributed by atoms with E-state index in [1.165, 1.54) is 48.8 Å². The molecule has 0 aromatic heterocycles. The molecule has 0 N–H and O–H groups in total. The minimum Gasteiger partial charge on any atom is -0.300 e. The second-order valence-electron chi connectivity index (χ2n) is 11.0. The quantitative estimate of drug-likeness (QED) is 0.367. The van der Waals surface area contributed by atoms with Crippen molar-refractivity contribution < 1.29 is 9.59 Å². The summed E-state index contributed by atoms with van der Waals surface area (Å²) in [5.74, 6) is 3.72. The molecule has 34 heavy (non-hydrogen) atoms. The van der Waals surface area contributed by atoms with Gasteiger partial charge in [-0.05, 0) is 125 Å². The lowest BCUT2D eigenvalue weighted by molar-refractivity contribution is -0.121. The first-order chi connectivity index (χ1) is 16.4. The summed E-state index contributed by atoms with van der Waals surface area (Å²) in [6.45, 7) is 3.48. The molecule has 0 amide bonds. The van der Waals surface area contributed by atoms with Crippen LogP contribution in [-0.2, 0) is 22.4 Å². The van der Waals surface area contributed by atoms with Crippen molar-refractivity contribution in [1.29, 1.82) is 0 Å². The van der Waals surface area contributed by atoms with Gasteiger partial charge in [-0.25, -0.2) is 0 Å². The fourth-order valence-electron chi connectivity index (χ4n) is 5.98. The summed E-state index contributed by atoms with van der Waals surface area (Å²) in [7, 11) is 0. The highest BCUT2D eigenvalue weighted by Crippen LogP contribution is 2.41. The summed E-state index contributed by atoms with van der Waals surface area (Å²) >= 11 is 3.49. The van der Waals surface area contributed by atoms with E-state index < -0.39 is 0 Å². The predicted octanol–water partition coefficient (Wildman–Crippen LogP) is 8.11. The molecule has 3 fully saturated rings. The first-order valence-electron chi connectivity index (χ1n) is 13.2. The zero-order chi connectivity index (χ0) is 24.1. The summed E-state index contributed by atoms with van der Waals surface area (Å²) < 4.78 is 1.14. The average molecular weight is 524 g/mol. The van der Waals surface area contributed by atoms with Crippen molar-refractivity contribution in [3.05, 3.63) is 69.7 Å². The molecule has 2 aromatic carbocycles. The zero-order valence-corrected chi connectivity index (χ0v) is 22.4. The minimum absolute atomic E-state index is 0.331. The van der Waals surface area contributed by atoms with Gasteiger partial charge in [0, 0.05) is 16.3 Å². The Balaban J connectivity index is 0.000000162. The number of Topliss-reactive ketones (excluding diaryl/α,β-unsaturated/α-hetero) is 2. The van der Waals surface area contributed by atoms with E-state index >= 15 is 0 Å². The van der Waals surface area contributed by atoms with Crippen LogP contribution < -0.4 is 0 Å². The maximum atomic E-state index is 11.4. The third kappa shape index (κ3) is 7.38.